The molecule has 0 radical (unpaired) electrons. The van der Waals surface area contributed by atoms with Crippen molar-refractivity contribution in [3.63, 3.8) is 0 Å². The van der Waals surface area contributed by atoms with E-state index in [0.29, 0.717) is 29.9 Å². The topological polar surface area (TPSA) is 110 Å². The number of nitrogens with zero attached hydrogens (tertiary/aromatic N) is 5. The predicted molar refractivity (Wildman–Crippen MR) is 84.3 cm³/mol. The maximum atomic E-state index is 11.2. The molecule has 7 heteroatoms. The van der Waals surface area contributed by atoms with Gasteiger partial charge in [-0.1, -0.05) is 12.8 Å². The lowest BCUT2D eigenvalue weighted by atomic mass is 9.96. The van der Waals surface area contributed by atoms with Crippen molar-refractivity contribution < 1.29 is 4.79 Å². The number of carbonyl (C=O) groups is 1. The molecule has 1 saturated carbocycles. The summed E-state index contributed by atoms with van der Waals surface area (Å²) >= 11 is 0. The highest BCUT2D eigenvalue weighted by molar-refractivity contribution is 5.90. The molecule has 2 aromatic rings. The number of aldehydes is 1. The lowest BCUT2D eigenvalue weighted by molar-refractivity contribution is 0.112. The first-order valence-corrected chi connectivity index (χ1v) is 7.71. The zero-order chi connectivity index (χ0) is 16.2. The molecule has 1 unspecified atom stereocenters. The molecule has 1 fully saturated rings. The Kier molecular flexibility index (Phi) is 4.33. The molecule has 0 bridgehead atoms. The van der Waals surface area contributed by atoms with Crippen LogP contribution in [0.2, 0.25) is 0 Å². The van der Waals surface area contributed by atoms with Gasteiger partial charge in [-0.05, 0) is 18.8 Å². The number of nitrogen functional groups attached to an aromatic ring is 1. The Hall–Kier alpha value is -2.75. The molecule has 0 aliphatic heterocycles. The maximum Gasteiger partial charge on any atom is 0.155 e. The Bertz CT molecular complexity index is 741. The van der Waals surface area contributed by atoms with Crippen molar-refractivity contribution in [2.45, 2.75) is 38.1 Å². The van der Waals surface area contributed by atoms with E-state index in [9.17, 15) is 4.79 Å². The standard InChI is InChI=1S/C16H18N6O/c17-6-5-14(11-3-1-2-4-11)22-8-12(7-21-22)15-13(9-23)16(18)20-10-19-15/h7-11,14H,1-5H2,(H2,18,19,20). The Morgan fingerprint density at radius 3 is 2.91 bits per heavy atom. The molecular weight excluding hydrogens is 292 g/mol. The van der Waals surface area contributed by atoms with E-state index in [4.69, 9.17) is 11.0 Å². The molecular formula is C16H18N6O. The molecule has 0 saturated heterocycles. The second kappa shape index (κ2) is 6.57. The number of nitrogens with two attached hydrogens (primary N) is 1. The fourth-order valence-corrected chi connectivity index (χ4v) is 3.31. The monoisotopic (exact) mass is 310 g/mol. The average molecular weight is 310 g/mol. The van der Waals surface area contributed by atoms with Crippen LogP contribution in [0.15, 0.2) is 18.7 Å². The van der Waals surface area contributed by atoms with Gasteiger partial charge in [0.05, 0.1) is 36.0 Å². The Morgan fingerprint density at radius 2 is 2.22 bits per heavy atom. The average Bonchev–Trinajstić information content (AvgIpc) is 3.24. The molecule has 2 aromatic heterocycles. The van der Waals surface area contributed by atoms with Gasteiger partial charge in [0.25, 0.3) is 0 Å². The third kappa shape index (κ3) is 2.93. The van der Waals surface area contributed by atoms with Gasteiger partial charge in [-0.25, -0.2) is 9.97 Å². The van der Waals surface area contributed by atoms with Crippen LogP contribution < -0.4 is 5.73 Å². The first kappa shape index (κ1) is 15.2. The van der Waals surface area contributed by atoms with E-state index in [1.807, 2.05) is 10.9 Å². The summed E-state index contributed by atoms with van der Waals surface area (Å²) in [5.41, 5.74) is 7.18. The molecule has 2 N–H and O–H groups in total. The molecule has 1 aliphatic carbocycles. The molecule has 0 aromatic carbocycles. The van der Waals surface area contributed by atoms with Crippen molar-refractivity contribution in [1.82, 2.24) is 19.7 Å². The summed E-state index contributed by atoms with van der Waals surface area (Å²) in [5, 5.41) is 13.5. The second-order valence-corrected chi connectivity index (χ2v) is 5.82. The zero-order valence-corrected chi connectivity index (χ0v) is 12.7. The fraction of sp³-hybridized carbons (Fsp3) is 0.438. The van der Waals surface area contributed by atoms with Gasteiger partial charge >= 0.3 is 0 Å². The van der Waals surface area contributed by atoms with Crippen LogP contribution >= 0.6 is 0 Å². The van der Waals surface area contributed by atoms with Crippen LogP contribution in [-0.4, -0.2) is 26.0 Å². The Morgan fingerprint density at radius 1 is 1.43 bits per heavy atom. The molecule has 23 heavy (non-hydrogen) atoms. The van der Waals surface area contributed by atoms with Crippen LogP contribution in [0.3, 0.4) is 0 Å². The van der Waals surface area contributed by atoms with E-state index in [1.54, 1.807) is 6.20 Å². The van der Waals surface area contributed by atoms with Gasteiger partial charge in [-0.2, -0.15) is 10.4 Å². The molecule has 2 heterocycles. The Labute approximate surface area is 134 Å². The van der Waals surface area contributed by atoms with Gasteiger partial charge in [-0.3, -0.25) is 9.48 Å². The molecule has 0 spiro atoms. The largest absolute Gasteiger partial charge is 0.383 e. The highest BCUT2D eigenvalue weighted by Crippen LogP contribution is 2.36. The molecule has 7 nitrogen and oxygen atoms in total. The summed E-state index contributed by atoms with van der Waals surface area (Å²) in [6, 6.07) is 2.33. The number of nitriles is 1. The molecule has 118 valence electrons. The molecule has 1 aliphatic rings. The van der Waals surface area contributed by atoms with Crippen molar-refractivity contribution >= 4 is 12.1 Å². The van der Waals surface area contributed by atoms with Crippen LogP contribution in [-0.2, 0) is 0 Å². The number of aromatic nitrogens is 4. The van der Waals surface area contributed by atoms with E-state index in [0.717, 1.165) is 12.8 Å². The Balaban J connectivity index is 1.95. The predicted octanol–water partition coefficient (Wildman–Crippen LogP) is 2.38. The van der Waals surface area contributed by atoms with E-state index >= 15 is 0 Å². The van der Waals surface area contributed by atoms with E-state index in [-0.39, 0.29) is 17.4 Å². The summed E-state index contributed by atoms with van der Waals surface area (Å²) in [4.78, 5) is 19.2. The molecule has 0 amide bonds. The van der Waals surface area contributed by atoms with Gasteiger partial charge < -0.3 is 5.73 Å². The first-order valence-electron chi connectivity index (χ1n) is 7.71. The number of hydrogen-bond acceptors (Lipinski definition) is 6. The third-order valence-corrected chi connectivity index (χ3v) is 4.49. The maximum absolute atomic E-state index is 11.2. The molecule has 1 atom stereocenters. The number of hydrogen-bond donors (Lipinski definition) is 1. The number of rotatable bonds is 5. The number of anilines is 1. The fourth-order valence-electron chi connectivity index (χ4n) is 3.31. The van der Waals surface area contributed by atoms with Crippen LogP contribution in [0.5, 0.6) is 0 Å². The normalized spacial score (nSPS) is 16.1. The van der Waals surface area contributed by atoms with Gasteiger partial charge in [-0.15, -0.1) is 0 Å². The van der Waals surface area contributed by atoms with Gasteiger partial charge in [0, 0.05) is 11.8 Å². The van der Waals surface area contributed by atoms with Crippen molar-refractivity contribution in [2.75, 3.05) is 5.73 Å². The lowest BCUT2D eigenvalue weighted by Gasteiger charge is -2.21. The summed E-state index contributed by atoms with van der Waals surface area (Å²) in [6.07, 6.45) is 10.6. The summed E-state index contributed by atoms with van der Waals surface area (Å²) in [6.45, 7) is 0. The van der Waals surface area contributed by atoms with Crippen LogP contribution in [0.1, 0.15) is 48.5 Å². The minimum atomic E-state index is 0.0649. The van der Waals surface area contributed by atoms with E-state index in [1.165, 1.54) is 19.2 Å². The summed E-state index contributed by atoms with van der Waals surface area (Å²) < 4.78 is 1.83. The highest BCUT2D eigenvalue weighted by Gasteiger charge is 2.27. The van der Waals surface area contributed by atoms with Crippen LogP contribution in [0.4, 0.5) is 5.82 Å². The van der Waals surface area contributed by atoms with Gasteiger partial charge in [0.2, 0.25) is 0 Å². The number of carbonyl (C=O) groups excluding carboxylic acids is 1. The third-order valence-electron chi connectivity index (χ3n) is 4.49. The zero-order valence-electron chi connectivity index (χ0n) is 12.7. The van der Waals surface area contributed by atoms with Crippen LogP contribution in [0.25, 0.3) is 11.3 Å². The summed E-state index contributed by atoms with van der Waals surface area (Å²) in [7, 11) is 0. The van der Waals surface area contributed by atoms with Crippen molar-refractivity contribution in [3.8, 4) is 17.3 Å². The molecule has 3 rings (SSSR count). The lowest BCUT2D eigenvalue weighted by Crippen LogP contribution is -2.17. The smallest absolute Gasteiger partial charge is 0.155 e. The summed E-state index contributed by atoms with van der Waals surface area (Å²) in [5.74, 6) is 0.630. The quantitative estimate of drug-likeness (QED) is 0.849. The minimum Gasteiger partial charge on any atom is -0.383 e. The first-order chi connectivity index (χ1) is 11.2. The second-order valence-electron chi connectivity index (χ2n) is 5.82. The minimum absolute atomic E-state index is 0.0649. The van der Waals surface area contributed by atoms with Crippen molar-refractivity contribution in [2.24, 2.45) is 5.92 Å². The van der Waals surface area contributed by atoms with Gasteiger partial charge in [0.1, 0.15) is 12.1 Å². The SMILES string of the molecule is N#CCC(C1CCCC1)n1cc(-c2ncnc(N)c2C=O)cn1. The highest BCUT2D eigenvalue weighted by atomic mass is 16.1. The van der Waals surface area contributed by atoms with E-state index < -0.39 is 0 Å². The van der Waals surface area contributed by atoms with E-state index in [2.05, 4.69) is 21.1 Å². The van der Waals surface area contributed by atoms with Crippen molar-refractivity contribution in [1.29, 1.82) is 5.26 Å². The van der Waals surface area contributed by atoms with Gasteiger partial charge in [0.15, 0.2) is 6.29 Å². The van der Waals surface area contributed by atoms with Crippen LogP contribution in [0, 0.1) is 17.2 Å². The van der Waals surface area contributed by atoms with Crippen molar-refractivity contribution in [3.05, 3.63) is 24.3 Å².